The molecule has 0 aliphatic heterocycles. The first kappa shape index (κ1) is 11.7. The standard InChI is InChI=1S/C11H12O3S/c1-7-6-10(8(2)12)15-9(7)4-5-11(13)14-3/h4-6H,1-3H3/b5-4+. The molecule has 3 nitrogen and oxygen atoms in total. The van der Waals surface area contributed by atoms with Crippen molar-refractivity contribution in [1.29, 1.82) is 0 Å². The van der Waals surface area contributed by atoms with Gasteiger partial charge in [-0.15, -0.1) is 11.3 Å². The maximum Gasteiger partial charge on any atom is 0.330 e. The van der Waals surface area contributed by atoms with Gasteiger partial charge in [-0.05, 0) is 31.6 Å². The van der Waals surface area contributed by atoms with E-state index < -0.39 is 5.97 Å². The fourth-order valence-electron chi connectivity index (χ4n) is 1.05. The zero-order valence-electron chi connectivity index (χ0n) is 8.87. The highest BCUT2D eigenvalue weighted by Crippen LogP contribution is 2.23. The third-order valence-corrected chi connectivity index (χ3v) is 3.18. The lowest BCUT2D eigenvalue weighted by molar-refractivity contribution is -0.134. The molecule has 0 aromatic carbocycles. The lowest BCUT2D eigenvalue weighted by atomic mass is 10.2. The molecule has 1 rings (SSSR count). The largest absolute Gasteiger partial charge is 0.466 e. The van der Waals surface area contributed by atoms with Crippen molar-refractivity contribution in [3.63, 3.8) is 0 Å². The summed E-state index contributed by atoms with van der Waals surface area (Å²) in [7, 11) is 1.33. The number of esters is 1. The quantitative estimate of drug-likeness (QED) is 0.450. The lowest BCUT2D eigenvalue weighted by Crippen LogP contribution is -1.92. The zero-order valence-corrected chi connectivity index (χ0v) is 9.68. The summed E-state index contributed by atoms with van der Waals surface area (Å²) in [6, 6.07) is 1.82. The van der Waals surface area contributed by atoms with Crippen LogP contribution in [0.4, 0.5) is 0 Å². The van der Waals surface area contributed by atoms with E-state index in [1.54, 1.807) is 6.08 Å². The van der Waals surface area contributed by atoms with Crippen LogP contribution in [0.25, 0.3) is 6.08 Å². The van der Waals surface area contributed by atoms with Crippen LogP contribution in [0.1, 0.15) is 27.0 Å². The molecule has 80 valence electrons. The topological polar surface area (TPSA) is 43.4 Å². The van der Waals surface area contributed by atoms with E-state index in [-0.39, 0.29) is 5.78 Å². The number of thiophene rings is 1. The normalized spacial score (nSPS) is 10.6. The van der Waals surface area contributed by atoms with Crippen LogP contribution in [0.5, 0.6) is 0 Å². The molecule has 1 aromatic heterocycles. The van der Waals surface area contributed by atoms with Crippen molar-refractivity contribution >= 4 is 29.2 Å². The molecule has 1 aromatic rings. The van der Waals surface area contributed by atoms with E-state index in [9.17, 15) is 9.59 Å². The van der Waals surface area contributed by atoms with Crippen LogP contribution in [-0.2, 0) is 9.53 Å². The first-order valence-electron chi connectivity index (χ1n) is 4.42. The van der Waals surface area contributed by atoms with Crippen molar-refractivity contribution in [2.45, 2.75) is 13.8 Å². The zero-order chi connectivity index (χ0) is 11.4. The second-order valence-corrected chi connectivity index (χ2v) is 4.15. The predicted octanol–water partition coefficient (Wildman–Crippen LogP) is 2.45. The molecule has 0 bridgehead atoms. The van der Waals surface area contributed by atoms with Crippen LogP contribution in [-0.4, -0.2) is 18.9 Å². The Balaban J connectivity index is 2.91. The molecule has 15 heavy (non-hydrogen) atoms. The van der Waals surface area contributed by atoms with Crippen molar-refractivity contribution in [3.05, 3.63) is 27.5 Å². The van der Waals surface area contributed by atoms with Gasteiger partial charge in [0.15, 0.2) is 5.78 Å². The summed E-state index contributed by atoms with van der Waals surface area (Å²) in [6.07, 6.45) is 3.01. The summed E-state index contributed by atoms with van der Waals surface area (Å²) in [5, 5.41) is 0. The second-order valence-electron chi connectivity index (χ2n) is 3.07. The Kier molecular flexibility index (Phi) is 3.80. The highest BCUT2D eigenvalue weighted by Gasteiger charge is 2.06. The van der Waals surface area contributed by atoms with Gasteiger partial charge >= 0.3 is 5.97 Å². The Bertz CT molecular complexity index is 415. The van der Waals surface area contributed by atoms with Crippen molar-refractivity contribution in [1.82, 2.24) is 0 Å². The highest BCUT2D eigenvalue weighted by atomic mass is 32.1. The van der Waals surface area contributed by atoms with E-state index in [1.807, 2.05) is 13.0 Å². The van der Waals surface area contributed by atoms with Gasteiger partial charge in [-0.1, -0.05) is 0 Å². The average molecular weight is 224 g/mol. The van der Waals surface area contributed by atoms with Gasteiger partial charge < -0.3 is 4.74 Å². The van der Waals surface area contributed by atoms with Gasteiger partial charge in [0.05, 0.1) is 12.0 Å². The number of ketones is 1. The molecule has 0 saturated carbocycles. The van der Waals surface area contributed by atoms with Crippen LogP contribution in [0.2, 0.25) is 0 Å². The van der Waals surface area contributed by atoms with Gasteiger partial charge in [0, 0.05) is 11.0 Å². The molecule has 4 heteroatoms. The number of hydrogen-bond donors (Lipinski definition) is 0. The number of methoxy groups -OCH3 is 1. The van der Waals surface area contributed by atoms with Gasteiger partial charge in [-0.2, -0.15) is 0 Å². The first-order chi connectivity index (χ1) is 7.04. The third-order valence-electron chi connectivity index (χ3n) is 1.88. The van der Waals surface area contributed by atoms with E-state index in [4.69, 9.17) is 0 Å². The molecule has 0 atom stereocenters. The van der Waals surface area contributed by atoms with Crippen LogP contribution < -0.4 is 0 Å². The van der Waals surface area contributed by atoms with E-state index in [0.29, 0.717) is 4.88 Å². The molecule has 0 aliphatic carbocycles. The number of hydrogen-bond acceptors (Lipinski definition) is 4. The van der Waals surface area contributed by atoms with Gasteiger partial charge in [-0.25, -0.2) is 4.79 Å². The maximum absolute atomic E-state index is 11.1. The Morgan fingerprint density at radius 3 is 2.60 bits per heavy atom. The van der Waals surface area contributed by atoms with Crippen LogP contribution in [0, 0.1) is 6.92 Å². The SMILES string of the molecule is COC(=O)/C=C/c1sc(C(C)=O)cc1C. The molecular weight excluding hydrogens is 212 g/mol. The minimum Gasteiger partial charge on any atom is -0.466 e. The van der Waals surface area contributed by atoms with Crippen LogP contribution >= 0.6 is 11.3 Å². The number of Topliss-reactive ketones (excluding diaryl/α,β-unsaturated/α-hetero) is 1. The average Bonchev–Trinajstić information content (AvgIpc) is 2.56. The Hall–Kier alpha value is -1.42. The van der Waals surface area contributed by atoms with Gasteiger partial charge in [0.1, 0.15) is 0 Å². The summed E-state index contributed by atoms with van der Waals surface area (Å²) in [4.78, 5) is 23.6. The van der Waals surface area contributed by atoms with E-state index >= 15 is 0 Å². The molecule has 0 fully saturated rings. The van der Waals surface area contributed by atoms with Gasteiger partial charge in [0.25, 0.3) is 0 Å². The van der Waals surface area contributed by atoms with Crippen molar-refractivity contribution < 1.29 is 14.3 Å². The Morgan fingerprint density at radius 2 is 2.13 bits per heavy atom. The van der Waals surface area contributed by atoms with E-state index in [2.05, 4.69) is 4.74 Å². The monoisotopic (exact) mass is 224 g/mol. The van der Waals surface area contributed by atoms with Gasteiger partial charge in [0.2, 0.25) is 0 Å². The number of rotatable bonds is 3. The van der Waals surface area contributed by atoms with Crippen molar-refractivity contribution in [2.75, 3.05) is 7.11 Å². The van der Waals surface area contributed by atoms with E-state index in [1.165, 1.54) is 31.4 Å². The summed E-state index contributed by atoms with van der Waals surface area (Å²) in [6.45, 7) is 3.43. The molecule has 0 aliphatic rings. The fourth-order valence-corrected chi connectivity index (χ4v) is 2.02. The summed E-state index contributed by atoms with van der Waals surface area (Å²) in [5.74, 6) is -0.354. The fraction of sp³-hybridized carbons (Fsp3) is 0.273. The number of carbonyl (C=O) groups is 2. The molecule has 0 saturated heterocycles. The predicted molar refractivity (Wildman–Crippen MR) is 60.1 cm³/mol. The minimum atomic E-state index is -0.396. The molecule has 0 unspecified atom stereocenters. The summed E-state index contributed by atoms with van der Waals surface area (Å²) >= 11 is 1.38. The van der Waals surface area contributed by atoms with Crippen LogP contribution in [0.15, 0.2) is 12.1 Å². The number of aryl methyl sites for hydroxylation is 1. The summed E-state index contributed by atoms with van der Waals surface area (Å²) < 4.78 is 4.48. The number of ether oxygens (including phenoxy) is 1. The molecule has 0 amide bonds. The smallest absolute Gasteiger partial charge is 0.330 e. The van der Waals surface area contributed by atoms with Gasteiger partial charge in [-0.3, -0.25) is 4.79 Å². The molecule has 1 heterocycles. The first-order valence-corrected chi connectivity index (χ1v) is 5.23. The molecule has 0 N–H and O–H groups in total. The Labute approximate surface area is 92.4 Å². The minimum absolute atomic E-state index is 0.0424. The molecule has 0 radical (unpaired) electrons. The van der Waals surface area contributed by atoms with Crippen molar-refractivity contribution in [2.24, 2.45) is 0 Å². The lowest BCUT2D eigenvalue weighted by Gasteiger charge is -1.90. The maximum atomic E-state index is 11.1. The summed E-state index contributed by atoms with van der Waals surface area (Å²) in [5.41, 5.74) is 0.991. The molecule has 0 spiro atoms. The number of carbonyl (C=O) groups excluding carboxylic acids is 2. The molecular formula is C11H12O3S. The highest BCUT2D eigenvalue weighted by molar-refractivity contribution is 7.15. The Morgan fingerprint density at radius 1 is 1.47 bits per heavy atom. The third kappa shape index (κ3) is 3.02. The second kappa shape index (κ2) is 4.89. The van der Waals surface area contributed by atoms with E-state index in [0.717, 1.165) is 10.4 Å². The van der Waals surface area contributed by atoms with Crippen LogP contribution in [0.3, 0.4) is 0 Å². The van der Waals surface area contributed by atoms with Crippen molar-refractivity contribution in [3.8, 4) is 0 Å².